The Kier molecular flexibility index (Phi) is 7.55. The molecule has 0 fully saturated rings. The van der Waals surface area contributed by atoms with Gasteiger partial charge in [-0.2, -0.15) is 0 Å². The van der Waals surface area contributed by atoms with Crippen molar-refractivity contribution in [2.75, 3.05) is 5.32 Å². The number of carbonyl (C=O) groups is 1. The molecule has 0 aromatic heterocycles. The number of hydrogen-bond acceptors (Lipinski definition) is 2. The van der Waals surface area contributed by atoms with E-state index in [0.717, 1.165) is 11.3 Å². The highest BCUT2D eigenvalue weighted by molar-refractivity contribution is 14.0. The lowest BCUT2D eigenvalue weighted by Gasteiger charge is -2.21. The van der Waals surface area contributed by atoms with Crippen molar-refractivity contribution < 1.29 is 4.79 Å². The normalized spacial score (nSPS) is 11.5. The van der Waals surface area contributed by atoms with E-state index in [1.54, 1.807) is 0 Å². The summed E-state index contributed by atoms with van der Waals surface area (Å²) in [6, 6.07) is 7.54. The number of nitrogens with one attached hydrogen (secondary N) is 2. The Morgan fingerprint density at radius 1 is 1.35 bits per heavy atom. The van der Waals surface area contributed by atoms with E-state index in [0.29, 0.717) is 12.5 Å². The highest BCUT2D eigenvalue weighted by Crippen LogP contribution is 2.11. The molecule has 1 aromatic carbocycles. The number of nitrogens with zero attached hydrogens (tertiary/aromatic N) is 1. The van der Waals surface area contributed by atoms with E-state index in [2.05, 4.69) is 15.6 Å². The molecule has 0 aliphatic carbocycles. The molecular weight excluding hydrogens is 367 g/mol. The molecule has 112 valence electrons. The Morgan fingerprint density at radius 3 is 2.55 bits per heavy atom. The van der Waals surface area contributed by atoms with Gasteiger partial charge in [-0.1, -0.05) is 12.1 Å². The fourth-order valence-corrected chi connectivity index (χ4v) is 1.55. The van der Waals surface area contributed by atoms with Gasteiger partial charge in [0.05, 0.1) is 6.54 Å². The third-order valence-electron chi connectivity index (χ3n) is 2.18. The van der Waals surface area contributed by atoms with Crippen molar-refractivity contribution in [1.29, 1.82) is 0 Å². The van der Waals surface area contributed by atoms with Gasteiger partial charge >= 0.3 is 0 Å². The number of aliphatic imine (C=N–C) groups is 1. The molecule has 0 bridgehead atoms. The lowest BCUT2D eigenvalue weighted by atomic mass is 10.1. The zero-order valence-electron chi connectivity index (χ0n) is 12.4. The second-order valence-electron chi connectivity index (χ2n) is 5.46. The maximum absolute atomic E-state index is 11.0. The summed E-state index contributed by atoms with van der Waals surface area (Å²) in [5.74, 6) is 0.326. The van der Waals surface area contributed by atoms with E-state index in [-0.39, 0.29) is 35.4 Å². The molecule has 0 radical (unpaired) electrons. The van der Waals surface area contributed by atoms with Crippen LogP contribution in [0.25, 0.3) is 0 Å². The van der Waals surface area contributed by atoms with Crippen LogP contribution >= 0.6 is 24.0 Å². The number of halogens is 1. The van der Waals surface area contributed by atoms with E-state index in [4.69, 9.17) is 5.73 Å². The minimum Gasteiger partial charge on any atom is -0.370 e. The fraction of sp³-hybridized carbons (Fsp3) is 0.429. The number of nitrogens with two attached hydrogens (primary N) is 1. The van der Waals surface area contributed by atoms with E-state index >= 15 is 0 Å². The van der Waals surface area contributed by atoms with Gasteiger partial charge in [0.2, 0.25) is 5.91 Å². The van der Waals surface area contributed by atoms with Gasteiger partial charge in [0, 0.05) is 18.2 Å². The molecule has 0 spiro atoms. The van der Waals surface area contributed by atoms with Crippen LogP contribution in [-0.4, -0.2) is 17.4 Å². The van der Waals surface area contributed by atoms with Crippen LogP contribution in [0.15, 0.2) is 29.3 Å². The van der Waals surface area contributed by atoms with E-state index in [1.165, 1.54) is 6.92 Å². The zero-order chi connectivity index (χ0) is 14.5. The third-order valence-corrected chi connectivity index (χ3v) is 2.18. The van der Waals surface area contributed by atoms with Crippen molar-refractivity contribution in [3.05, 3.63) is 29.8 Å². The van der Waals surface area contributed by atoms with Crippen molar-refractivity contribution in [1.82, 2.24) is 5.32 Å². The smallest absolute Gasteiger partial charge is 0.221 e. The number of amides is 1. The van der Waals surface area contributed by atoms with Gasteiger partial charge < -0.3 is 16.4 Å². The Hall–Kier alpha value is -1.31. The first-order chi connectivity index (χ1) is 8.76. The molecule has 0 saturated heterocycles. The number of rotatable bonds is 3. The maximum Gasteiger partial charge on any atom is 0.221 e. The highest BCUT2D eigenvalue weighted by atomic mass is 127. The van der Waals surface area contributed by atoms with Crippen molar-refractivity contribution in [3.63, 3.8) is 0 Å². The summed E-state index contributed by atoms with van der Waals surface area (Å²) in [5.41, 5.74) is 7.45. The number of hydrogen-bond donors (Lipinski definition) is 3. The van der Waals surface area contributed by atoms with Gasteiger partial charge in [0.15, 0.2) is 5.96 Å². The van der Waals surface area contributed by atoms with Crippen LogP contribution < -0.4 is 16.4 Å². The molecule has 0 aliphatic rings. The summed E-state index contributed by atoms with van der Waals surface area (Å²) >= 11 is 0. The average molecular weight is 390 g/mol. The molecule has 0 atom stereocenters. The average Bonchev–Trinajstić information content (AvgIpc) is 2.23. The first kappa shape index (κ1) is 18.7. The zero-order valence-corrected chi connectivity index (χ0v) is 14.7. The Balaban J connectivity index is 0.00000361. The number of benzene rings is 1. The van der Waals surface area contributed by atoms with Crippen LogP contribution in [0, 0.1) is 0 Å². The van der Waals surface area contributed by atoms with E-state index < -0.39 is 0 Å². The predicted octanol–water partition coefficient (Wildman–Crippen LogP) is 2.47. The summed E-state index contributed by atoms with van der Waals surface area (Å²) in [5, 5.41) is 5.83. The predicted molar refractivity (Wildman–Crippen MR) is 94.4 cm³/mol. The summed E-state index contributed by atoms with van der Waals surface area (Å²) in [6.07, 6.45) is 0. The van der Waals surface area contributed by atoms with Gasteiger partial charge in [-0.05, 0) is 38.5 Å². The summed E-state index contributed by atoms with van der Waals surface area (Å²) < 4.78 is 0. The second-order valence-corrected chi connectivity index (χ2v) is 5.46. The molecule has 4 N–H and O–H groups in total. The molecule has 0 heterocycles. The number of carbonyl (C=O) groups excluding carboxylic acids is 1. The van der Waals surface area contributed by atoms with E-state index in [1.807, 2.05) is 45.0 Å². The minimum atomic E-state index is -0.106. The summed E-state index contributed by atoms with van der Waals surface area (Å²) in [4.78, 5) is 15.2. The monoisotopic (exact) mass is 390 g/mol. The van der Waals surface area contributed by atoms with Gasteiger partial charge in [-0.15, -0.1) is 24.0 Å². The third kappa shape index (κ3) is 7.98. The van der Waals surface area contributed by atoms with Gasteiger partial charge in [-0.25, -0.2) is 4.99 Å². The highest BCUT2D eigenvalue weighted by Gasteiger charge is 2.09. The van der Waals surface area contributed by atoms with Gasteiger partial charge in [0.1, 0.15) is 0 Å². The van der Waals surface area contributed by atoms with Crippen molar-refractivity contribution in [3.8, 4) is 0 Å². The number of anilines is 1. The fourth-order valence-electron chi connectivity index (χ4n) is 1.55. The Bertz CT molecular complexity index is 480. The van der Waals surface area contributed by atoms with Crippen LogP contribution in [-0.2, 0) is 11.3 Å². The quantitative estimate of drug-likeness (QED) is 0.422. The lowest BCUT2D eigenvalue weighted by molar-refractivity contribution is -0.114. The van der Waals surface area contributed by atoms with Crippen molar-refractivity contribution in [2.24, 2.45) is 10.7 Å². The number of guanidine groups is 1. The van der Waals surface area contributed by atoms with Crippen molar-refractivity contribution in [2.45, 2.75) is 39.8 Å². The largest absolute Gasteiger partial charge is 0.370 e. The first-order valence-electron chi connectivity index (χ1n) is 6.21. The molecule has 1 rings (SSSR count). The Morgan fingerprint density at radius 2 is 2.00 bits per heavy atom. The second kappa shape index (κ2) is 8.08. The Labute approximate surface area is 137 Å². The molecule has 0 unspecified atom stereocenters. The topological polar surface area (TPSA) is 79.5 Å². The van der Waals surface area contributed by atoms with Crippen molar-refractivity contribution >= 4 is 41.5 Å². The minimum absolute atomic E-state index is 0. The standard InChI is InChI=1S/C14H22N4O.HI/c1-10(19)17-12-7-5-6-11(8-12)9-16-13(15)18-14(2,3)4;/h5-8H,9H2,1-4H3,(H,17,19)(H3,15,16,18);1H. The van der Waals surface area contributed by atoms with Gasteiger partial charge in [0.25, 0.3) is 0 Å². The molecule has 6 heteroatoms. The van der Waals surface area contributed by atoms with Crippen LogP contribution in [0.1, 0.15) is 33.3 Å². The molecular formula is C14H23IN4O. The van der Waals surface area contributed by atoms with Gasteiger partial charge in [-0.3, -0.25) is 4.79 Å². The van der Waals surface area contributed by atoms with Crippen LogP contribution in [0.2, 0.25) is 0 Å². The molecule has 0 saturated carbocycles. The summed E-state index contributed by atoms with van der Waals surface area (Å²) in [7, 11) is 0. The van der Waals surface area contributed by atoms with Crippen LogP contribution in [0.3, 0.4) is 0 Å². The first-order valence-corrected chi connectivity index (χ1v) is 6.21. The van der Waals surface area contributed by atoms with E-state index in [9.17, 15) is 4.79 Å². The van der Waals surface area contributed by atoms with Crippen LogP contribution in [0.5, 0.6) is 0 Å². The lowest BCUT2D eigenvalue weighted by Crippen LogP contribution is -2.44. The maximum atomic E-state index is 11.0. The molecule has 5 nitrogen and oxygen atoms in total. The SMILES string of the molecule is CC(=O)Nc1cccc(CN=C(N)NC(C)(C)C)c1.I. The molecule has 0 aliphatic heterocycles. The molecule has 20 heavy (non-hydrogen) atoms. The van der Waals surface area contributed by atoms with Crippen LogP contribution in [0.4, 0.5) is 5.69 Å². The molecule has 1 amide bonds. The summed E-state index contributed by atoms with van der Waals surface area (Å²) in [6.45, 7) is 8.02. The molecule has 1 aromatic rings.